The van der Waals surface area contributed by atoms with Crippen molar-refractivity contribution in [3.05, 3.63) is 12.2 Å². The van der Waals surface area contributed by atoms with Gasteiger partial charge in [0.1, 0.15) is 24.4 Å². The van der Waals surface area contributed by atoms with Gasteiger partial charge in [-0.25, -0.2) is 0 Å². The van der Waals surface area contributed by atoms with E-state index >= 15 is 0 Å². The van der Waals surface area contributed by atoms with Gasteiger partial charge in [0.15, 0.2) is 0 Å². The van der Waals surface area contributed by atoms with Gasteiger partial charge in [-0.2, -0.15) is 0 Å². The summed E-state index contributed by atoms with van der Waals surface area (Å²) in [6, 6.07) is 0. The third kappa shape index (κ3) is 12.7. The van der Waals surface area contributed by atoms with E-state index in [4.69, 9.17) is 14.6 Å². The number of ether oxygens (including phenoxy) is 2. The predicted molar refractivity (Wildman–Crippen MR) is 118 cm³/mol. The van der Waals surface area contributed by atoms with Crippen molar-refractivity contribution < 1.29 is 24.8 Å². The highest BCUT2D eigenvalue weighted by Gasteiger charge is 2.40. The van der Waals surface area contributed by atoms with Crippen molar-refractivity contribution in [2.24, 2.45) is 0 Å². The Labute approximate surface area is 178 Å². The van der Waals surface area contributed by atoms with E-state index in [9.17, 15) is 10.2 Å². The Morgan fingerprint density at radius 3 is 1.93 bits per heavy atom. The first kappa shape index (κ1) is 26.6. The second-order valence-electron chi connectivity index (χ2n) is 8.40. The van der Waals surface area contributed by atoms with Crippen LogP contribution in [0.25, 0.3) is 0 Å². The van der Waals surface area contributed by atoms with Crippen molar-refractivity contribution in [2.45, 2.75) is 121 Å². The van der Waals surface area contributed by atoms with Crippen molar-refractivity contribution in [1.29, 1.82) is 0 Å². The van der Waals surface area contributed by atoms with Crippen LogP contribution in [0.1, 0.15) is 96.8 Å². The molecule has 0 amide bonds. The van der Waals surface area contributed by atoms with Crippen LogP contribution in [0.3, 0.4) is 0 Å². The lowest BCUT2D eigenvalue weighted by molar-refractivity contribution is -0.0938. The minimum atomic E-state index is -1.000. The Morgan fingerprint density at radius 1 is 0.897 bits per heavy atom. The average Bonchev–Trinajstić information content (AvgIpc) is 3.10. The highest BCUT2D eigenvalue weighted by Crippen LogP contribution is 2.21. The van der Waals surface area contributed by atoms with E-state index in [1.165, 1.54) is 77.0 Å². The number of aliphatic hydroxyl groups is 3. The topological polar surface area (TPSA) is 79.2 Å². The third-order valence-corrected chi connectivity index (χ3v) is 5.79. The molecule has 1 saturated heterocycles. The molecule has 3 N–H and O–H groups in total. The predicted octanol–water partition coefficient (Wildman–Crippen LogP) is 4.52. The van der Waals surface area contributed by atoms with E-state index in [1.807, 2.05) is 0 Å². The molecule has 5 heteroatoms. The monoisotopic (exact) mass is 414 g/mol. The Morgan fingerprint density at radius 2 is 1.41 bits per heavy atom. The molecule has 0 bridgehead atoms. The van der Waals surface area contributed by atoms with E-state index < -0.39 is 24.4 Å². The van der Waals surface area contributed by atoms with Crippen molar-refractivity contribution in [1.82, 2.24) is 0 Å². The van der Waals surface area contributed by atoms with Crippen LogP contribution in [-0.4, -0.2) is 59.6 Å². The van der Waals surface area contributed by atoms with Crippen LogP contribution in [-0.2, 0) is 9.47 Å². The van der Waals surface area contributed by atoms with Crippen LogP contribution in [0, 0.1) is 0 Å². The van der Waals surface area contributed by atoms with Crippen LogP contribution in [0.15, 0.2) is 12.2 Å². The lowest BCUT2D eigenvalue weighted by atomic mass is 10.0. The van der Waals surface area contributed by atoms with Gasteiger partial charge in [0.2, 0.25) is 0 Å². The van der Waals surface area contributed by atoms with Crippen LogP contribution < -0.4 is 0 Å². The SMILES string of the molecule is C/C=C/CCCCCCCCCCCCCCCO[C@H]1[C@@H]([C@@H](O)CO)OC[C@H]1O. The quantitative estimate of drug-likeness (QED) is 0.214. The van der Waals surface area contributed by atoms with Crippen molar-refractivity contribution >= 4 is 0 Å². The second kappa shape index (κ2) is 18.3. The zero-order valence-electron chi connectivity index (χ0n) is 18.6. The number of unbranched alkanes of at least 4 members (excludes halogenated alkanes) is 13. The summed E-state index contributed by atoms with van der Waals surface area (Å²) in [5.74, 6) is 0. The fourth-order valence-electron chi connectivity index (χ4n) is 3.95. The molecule has 1 fully saturated rings. The number of hydrogen-bond acceptors (Lipinski definition) is 5. The van der Waals surface area contributed by atoms with Gasteiger partial charge in [-0.15, -0.1) is 0 Å². The molecule has 0 aromatic heterocycles. The third-order valence-electron chi connectivity index (χ3n) is 5.79. The summed E-state index contributed by atoms with van der Waals surface area (Å²) in [5, 5.41) is 28.7. The van der Waals surface area contributed by atoms with E-state index in [0.29, 0.717) is 6.61 Å². The van der Waals surface area contributed by atoms with E-state index in [2.05, 4.69) is 19.1 Å². The second-order valence-corrected chi connectivity index (χ2v) is 8.40. The number of hydrogen-bond donors (Lipinski definition) is 3. The lowest BCUT2D eigenvalue weighted by Crippen LogP contribution is -2.42. The number of aliphatic hydroxyl groups excluding tert-OH is 3. The molecule has 172 valence electrons. The zero-order valence-corrected chi connectivity index (χ0v) is 18.6. The summed E-state index contributed by atoms with van der Waals surface area (Å²) in [7, 11) is 0. The Kier molecular flexibility index (Phi) is 16.8. The van der Waals surface area contributed by atoms with Crippen molar-refractivity contribution in [3.63, 3.8) is 0 Å². The average molecular weight is 415 g/mol. The molecule has 1 aliphatic heterocycles. The molecule has 1 aliphatic rings. The van der Waals surface area contributed by atoms with E-state index in [-0.39, 0.29) is 13.2 Å². The van der Waals surface area contributed by atoms with Gasteiger partial charge in [0, 0.05) is 6.61 Å². The maximum Gasteiger partial charge on any atom is 0.114 e. The van der Waals surface area contributed by atoms with Crippen molar-refractivity contribution in [2.75, 3.05) is 19.8 Å². The molecule has 0 aliphatic carbocycles. The first-order valence-corrected chi connectivity index (χ1v) is 12.0. The number of allylic oxidation sites excluding steroid dienone is 2. The molecule has 5 nitrogen and oxygen atoms in total. The zero-order chi connectivity index (χ0) is 21.2. The largest absolute Gasteiger partial charge is 0.394 e. The Balaban J connectivity index is 1.83. The van der Waals surface area contributed by atoms with Crippen LogP contribution in [0.2, 0.25) is 0 Å². The summed E-state index contributed by atoms with van der Waals surface area (Å²) < 4.78 is 11.0. The molecule has 0 radical (unpaired) electrons. The highest BCUT2D eigenvalue weighted by molar-refractivity contribution is 4.89. The normalized spacial score (nSPS) is 23.2. The molecule has 29 heavy (non-hydrogen) atoms. The Hall–Kier alpha value is -0.460. The highest BCUT2D eigenvalue weighted by atomic mass is 16.6. The summed E-state index contributed by atoms with van der Waals surface area (Å²) in [6.45, 7) is 2.43. The molecule has 0 aromatic rings. The van der Waals surface area contributed by atoms with Gasteiger partial charge < -0.3 is 24.8 Å². The van der Waals surface area contributed by atoms with Gasteiger partial charge in [-0.3, -0.25) is 0 Å². The molecule has 0 spiro atoms. The first-order valence-electron chi connectivity index (χ1n) is 12.0. The molecule has 4 atom stereocenters. The summed E-state index contributed by atoms with van der Waals surface area (Å²) in [6.07, 6.45) is 19.7. The standard InChI is InChI=1S/C24H46O5/c1-2-3-4-5-6-7-8-9-10-11-12-13-14-15-16-17-18-28-24-22(27)20-29-23(24)21(26)19-25/h2-3,21-27H,4-20H2,1H3/b3-2+/t21-,22+,23+,24+/m0/s1. The maximum atomic E-state index is 9.89. The smallest absolute Gasteiger partial charge is 0.114 e. The molecular formula is C24H46O5. The van der Waals surface area contributed by atoms with Crippen LogP contribution >= 0.6 is 0 Å². The van der Waals surface area contributed by atoms with Crippen molar-refractivity contribution in [3.8, 4) is 0 Å². The maximum absolute atomic E-state index is 9.89. The van der Waals surface area contributed by atoms with Gasteiger partial charge in [-0.05, 0) is 26.2 Å². The summed E-state index contributed by atoms with van der Waals surface area (Å²) in [4.78, 5) is 0. The van der Waals surface area contributed by atoms with E-state index in [0.717, 1.165) is 12.8 Å². The first-order chi connectivity index (χ1) is 14.2. The lowest BCUT2D eigenvalue weighted by Gasteiger charge is -2.23. The Bertz CT molecular complexity index is 387. The van der Waals surface area contributed by atoms with Gasteiger partial charge in [0.05, 0.1) is 13.2 Å². The van der Waals surface area contributed by atoms with Gasteiger partial charge >= 0.3 is 0 Å². The van der Waals surface area contributed by atoms with Gasteiger partial charge in [0.25, 0.3) is 0 Å². The van der Waals surface area contributed by atoms with E-state index in [1.54, 1.807) is 0 Å². The molecule has 0 saturated carbocycles. The molecule has 0 unspecified atom stereocenters. The van der Waals surface area contributed by atoms with Gasteiger partial charge in [-0.1, -0.05) is 82.8 Å². The molecule has 1 heterocycles. The molecular weight excluding hydrogens is 368 g/mol. The van der Waals surface area contributed by atoms with Crippen LogP contribution in [0.4, 0.5) is 0 Å². The fourth-order valence-corrected chi connectivity index (χ4v) is 3.95. The fraction of sp³-hybridized carbons (Fsp3) is 0.917. The molecule has 1 rings (SSSR count). The van der Waals surface area contributed by atoms with Crippen LogP contribution in [0.5, 0.6) is 0 Å². The molecule has 0 aromatic carbocycles. The summed E-state index contributed by atoms with van der Waals surface area (Å²) >= 11 is 0. The minimum absolute atomic E-state index is 0.156. The number of rotatable bonds is 19. The summed E-state index contributed by atoms with van der Waals surface area (Å²) in [5.41, 5.74) is 0. The minimum Gasteiger partial charge on any atom is -0.394 e.